The molecule has 0 unspecified atom stereocenters. The third-order valence-electron chi connectivity index (χ3n) is 6.07. The number of carbonyl (C=O) groups is 2. The van der Waals surface area contributed by atoms with Crippen LogP contribution in [0.25, 0.3) is 11.1 Å². The average Bonchev–Trinajstić information content (AvgIpc) is 2.86. The van der Waals surface area contributed by atoms with Gasteiger partial charge in [-0.3, -0.25) is 14.6 Å². The van der Waals surface area contributed by atoms with Gasteiger partial charge in [0.2, 0.25) is 5.91 Å². The number of para-hydroxylation sites is 1. The van der Waals surface area contributed by atoms with E-state index in [1.54, 1.807) is 29.4 Å². The Morgan fingerprint density at radius 3 is 2.48 bits per heavy atom. The summed E-state index contributed by atoms with van der Waals surface area (Å²) < 4.78 is 5.70. The van der Waals surface area contributed by atoms with E-state index in [9.17, 15) is 9.59 Å². The fraction of sp³-hybridized carbons (Fsp3) is 0.296. The van der Waals surface area contributed by atoms with Crippen molar-refractivity contribution in [1.82, 2.24) is 14.8 Å². The van der Waals surface area contributed by atoms with E-state index in [-0.39, 0.29) is 11.8 Å². The molecule has 33 heavy (non-hydrogen) atoms. The summed E-state index contributed by atoms with van der Waals surface area (Å²) in [6.45, 7) is 5.97. The van der Waals surface area contributed by atoms with Gasteiger partial charge in [0.05, 0.1) is 12.2 Å². The second-order valence-electron chi connectivity index (χ2n) is 7.96. The van der Waals surface area contributed by atoms with E-state index in [2.05, 4.69) is 4.98 Å². The van der Waals surface area contributed by atoms with E-state index in [0.29, 0.717) is 44.0 Å². The SMILES string of the molecule is CCOc1ccccc1C(=O)N1CCN(CC)C(=O)[C@H]1Cc1ccccc1-c1ccncc1. The molecule has 1 atom stereocenters. The van der Waals surface area contributed by atoms with Crippen LogP contribution < -0.4 is 4.74 Å². The van der Waals surface area contributed by atoms with Gasteiger partial charge in [-0.15, -0.1) is 0 Å². The Labute approximate surface area is 194 Å². The second-order valence-corrected chi connectivity index (χ2v) is 7.96. The maximum Gasteiger partial charge on any atom is 0.258 e. The van der Waals surface area contributed by atoms with Gasteiger partial charge in [-0.05, 0) is 54.8 Å². The fourth-order valence-electron chi connectivity index (χ4n) is 4.39. The highest BCUT2D eigenvalue weighted by atomic mass is 16.5. The van der Waals surface area contributed by atoms with Gasteiger partial charge in [0, 0.05) is 38.4 Å². The van der Waals surface area contributed by atoms with E-state index in [4.69, 9.17) is 4.74 Å². The summed E-state index contributed by atoms with van der Waals surface area (Å²) in [5.41, 5.74) is 3.60. The van der Waals surface area contributed by atoms with Gasteiger partial charge in [0.1, 0.15) is 11.8 Å². The number of carbonyl (C=O) groups excluding carboxylic acids is 2. The standard InChI is InChI=1S/C27H29N3O3/c1-3-29-17-18-30(26(31)23-11-7-8-12-25(23)33-4-2)24(27(29)32)19-21-9-5-6-10-22(21)20-13-15-28-16-14-20/h5-16,24H,3-4,17-19H2,1-2H3/t24-/m1/s1. The fourth-order valence-corrected chi connectivity index (χ4v) is 4.39. The van der Waals surface area contributed by atoms with Crippen LogP contribution in [0.15, 0.2) is 73.1 Å². The molecular formula is C27H29N3O3. The van der Waals surface area contributed by atoms with Crippen molar-refractivity contribution in [2.45, 2.75) is 26.3 Å². The van der Waals surface area contributed by atoms with Gasteiger partial charge in [-0.25, -0.2) is 0 Å². The van der Waals surface area contributed by atoms with Crippen LogP contribution in [0, 0.1) is 0 Å². The van der Waals surface area contributed by atoms with Gasteiger partial charge in [-0.2, -0.15) is 0 Å². The molecule has 170 valence electrons. The zero-order valence-corrected chi connectivity index (χ0v) is 19.1. The summed E-state index contributed by atoms with van der Waals surface area (Å²) in [6.07, 6.45) is 3.96. The summed E-state index contributed by atoms with van der Waals surface area (Å²) in [5, 5.41) is 0. The number of rotatable bonds is 7. The van der Waals surface area contributed by atoms with E-state index < -0.39 is 6.04 Å². The molecule has 3 aromatic rings. The first-order valence-electron chi connectivity index (χ1n) is 11.4. The van der Waals surface area contributed by atoms with Gasteiger partial charge in [0.15, 0.2) is 0 Å². The van der Waals surface area contributed by atoms with E-state index in [0.717, 1.165) is 16.7 Å². The van der Waals surface area contributed by atoms with Crippen molar-refractivity contribution in [3.8, 4) is 16.9 Å². The van der Waals surface area contributed by atoms with Crippen LogP contribution in [0.5, 0.6) is 5.75 Å². The van der Waals surface area contributed by atoms with Crippen LogP contribution in [-0.2, 0) is 11.2 Å². The third-order valence-corrected chi connectivity index (χ3v) is 6.07. The molecule has 0 N–H and O–H groups in total. The minimum absolute atomic E-state index is 0.0180. The van der Waals surface area contributed by atoms with Crippen LogP contribution >= 0.6 is 0 Å². The number of aromatic nitrogens is 1. The van der Waals surface area contributed by atoms with Crippen molar-refractivity contribution < 1.29 is 14.3 Å². The molecule has 6 heteroatoms. The molecule has 0 saturated carbocycles. The van der Waals surface area contributed by atoms with Gasteiger partial charge in [-0.1, -0.05) is 36.4 Å². The van der Waals surface area contributed by atoms with Gasteiger partial charge in [0.25, 0.3) is 5.91 Å². The molecule has 2 heterocycles. The van der Waals surface area contributed by atoms with Crippen LogP contribution in [0.1, 0.15) is 29.8 Å². The van der Waals surface area contributed by atoms with E-state index in [1.807, 2.05) is 67.3 Å². The van der Waals surface area contributed by atoms with Gasteiger partial charge >= 0.3 is 0 Å². The maximum absolute atomic E-state index is 13.7. The summed E-state index contributed by atoms with van der Waals surface area (Å²) in [6, 6.07) is 18.6. The normalized spacial score (nSPS) is 16.1. The molecule has 6 nitrogen and oxygen atoms in total. The van der Waals surface area contributed by atoms with Crippen LogP contribution in [0.3, 0.4) is 0 Å². The first-order valence-corrected chi connectivity index (χ1v) is 11.4. The Bertz CT molecular complexity index is 1120. The van der Waals surface area contributed by atoms with E-state index >= 15 is 0 Å². The van der Waals surface area contributed by atoms with Crippen molar-refractivity contribution >= 4 is 11.8 Å². The maximum atomic E-state index is 13.7. The van der Waals surface area contributed by atoms with Crippen molar-refractivity contribution in [2.24, 2.45) is 0 Å². The largest absolute Gasteiger partial charge is 0.493 e. The Kier molecular flexibility index (Phi) is 7.03. The number of piperazine rings is 1. The lowest BCUT2D eigenvalue weighted by molar-refractivity contribution is -0.139. The summed E-state index contributed by atoms with van der Waals surface area (Å²) >= 11 is 0. The molecule has 0 radical (unpaired) electrons. The molecule has 1 aromatic heterocycles. The Morgan fingerprint density at radius 1 is 1.00 bits per heavy atom. The van der Waals surface area contributed by atoms with Crippen molar-refractivity contribution in [2.75, 3.05) is 26.2 Å². The molecule has 2 amide bonds. The average molecular weight is 444 g/mol. The highest BCUT2D eigenvalue weighted by molar-refractivity contribution is 6.00. The number of benzene rings is 2. The topological polar surface area (TPSA) is 62.7 Å². The summed E-state index contributed by atoms with van der Waals surface area (Å²) in [7, 11) is 0. The lowest BCUT2D eigenvalue weighted by Gasteiger charge is -2.40. The highest BCUT2D eigenvalue weighted by Crippen LogP contribution is 2.28. The summed E-state index contributed by atoms with van der Waals surface area (Å²) in [5.74, 6) is 0.358. The quantitative estimate of drug-likeness (QED) is 0.552. The Morgan fingerprint density at radius 2 is 1.73 bits per heavy atom. The Hall–Kier alpha value is -3.67. The predicted octanol–water partition coefficient (Wildman–Crippen LogP) is 4.06. The number of ether oxygens (including phenoxy) is 1. The monoisotopic (exact) mass is 443 g/mol. The van der Waals surface area contributed by atoms with Crippen LogP contribution in [0.2, 0.25) is 0 Å². The van der Waals surface area contributed by atoms with E-state index in [1.165, 1.54) is 0 Å². The zero-order valence-electron chi connectivity index (χ0n) is 19.1. The molecule has 0 spiro atoms. The number of hydrogen-bond donors (Lipinski definition) is 0. The van der Waals surface area contributed by atoms with Crippen molar-refractivity contribution in [3.05, 3.63) is 84.2 Å². The lowest BCUT2D eigenvalue weighted by Crippen LogP contribution is -2.59. The highest BCUT2D eigenvalue weighted by Gasteiger charge is 2.38. The zero-order chi connectivity index (χ0) is 23.2. The summed E-state index contributed by atoms with van der Waals surface area (Å²) in [4.78, 5) is 34.8. The minimum Gasteiger partial charge on any atom is -0.493 e. The number of hydrogen-bond acceptors (Lipinski definition) is 4. The molecule has 4 rings (SSSR count). The first-order chi connectivity index (χ1) is 16.1. The molecule has 1 fully saturated rings. The first kappa shape index (κ1) is 22.5. The number of pyridine rings is 1. The smallest absolute Gasteiger partial charge is 0.258 e. The molecule has 1 aliphatic heterocycles. The number of amides is 2. The molecule has 2 aromatic carbocycles. The molecule has 0 aliphatic carbocycles. The van der Waals surface area contributed by atoms with Crippen molar-refractivity contribution in [3.63, 3.8) is 0 Å². The van der Waals surface area contributed by atoms with Crippen LogP contribution in [-0.4, -0.2) is 58.9 Å². The lowest BCUT2D eigenvalue weighted by atomic mass is 9.93. The number of nitrogens with zero attached hydrogens (tertiary/aromatic N) is 3. The minimum atomic E-state index is -0.580. The van der Waals surface area contributed by atoms with Crippen molar-refractivity contribution in [1.29, 1.82) is 0 Å². The molecule has 0 bridgehead atoms. The second kappa shape index (κ2) is 10.3. The van der Waals surface area contributed by atoms with Crippen LogP contribution in [0.4, 0.5) is 0 Å². The molecule has 1 aliphatic rings. The predicted molar refractivity (Wildman–Crippen MR) is 128 cm³/mol. The third kappa shape index (κ3) is 4.75. The molecular weight excluding hydrogens is 414 g/mol. The Balaban J connectivity index is 1.70. The number of likely N-dealkylation sites (N-methyl/N-ethyl adjacent to an activating group) is 1. The van der Waals surface area contributed by atoms with Gasteiger partial charge < -0.3 is 14.5 Å². The molecule has 1 saturated heterocycles.